The molecule has 1 saturated carbocycles. The molecule has 196 valence electrons. The Bertz CT molecular complexity index is 1310. The lowest BCUT2D eigenvalue weighted by molar-refractivity contribution is -0.339. The minimum Gasteiger partial charge on any atom is -0.455 e. The molecule has 0 radical (unpaired) electrons. The SMILES string of the molecule is C=C1C(=O)O[C@@H]2C[C@@]1(C)[C@@H]1C(=O)[C@]3(O)O[C@@]14[C@@](O)(CC[C@H]1[C@H]3CC=C3CC=CC(=O)[C@@]31C)C(=O)O[C@@]24C. The van der Waals surface area contributed by atoms with Crippen LogP contribution in [0.15, 0.2) is 36.0 Å². The lowest BCUT2D eigenvalue weighted by Crippen LogP contribution is -2.77. The summed E-state index contributed by atoms with van der Waals surface area (Å²) in [6.45, 7) is 8.91. The summed E-state index contributed by atoms with van der Waals surface area (Å²) in [4.78, 5) is 54.3. The van der Waals surface area contributed by atoms with Gasteiger partial charge in [0.25, 0.3) is 0 Å². The molecule has 0 aromatic rings. The molecule has 0 aromatic heterocycles. The van der Waals surface area contributed by atoms with Gasteiger partial charge in [-0.1, -0.05) is 31.2 Å². The summed E-state index contributed by atoms with van der Waals surface area (Å²) in [6.07, 6.45) is 5.20. The average molecular weight is 511 g/mol. The Morgan fingerprint density at radius 2 is 1.81 bits per heavy atom. The molecule has 1 spiro atoms. The number of ether oxygens (including phenoxy) is 3. The fourth-order valence-corrected chi connectivity index (χ4v) is 9.22. The van der Waals surface area contributed by atoms with E-state index < -0.39 is 75.0 Å². The highest BCUT2D eigenvalue weighted by molar-refractivity contribution is 6.02. The molecule has 2 N–H and O–H groups in total. The number of allylic oxidation sites excluding steroid dienone is 4. The Hall–Kier alpha value is -2.62. The number of Topliss-reactive ketones (excluding diaryl/α,β-unsaturated/α-hetero) is 1. The van der Waals surface area contributed by atoms with Crippen molar-refractivity contribution in [3.63, 3.8) is 0 Å². The Kier molecular flexibility index (Phi) is 4.02. The van der Waals surface area contributed by atoms with E-state index in [1.165, 1.54) is 13.0 Å². The molecule has 9 heteroatoms. The van der Waals surface area contributed by atoms with Crippen molar-refractivity contribution in [1.29, 1.82) is 0 Å². The summed E-state index contributed by atoms with van der Waals surface area (Å²) in [7, 11) is 0. The molecule has 4 saturated heterocycles. The van der Waals surface area contributed by atoms with Crippen molar-refractivity contribution in [2.45, 2.75) is 81.6 Å². The second-order valence-corrected chi connectivity index (χ2v) is 12.6. The maximum Gasteiger partial charge on any atom is 0.342 e. The van der Waals surface area contributed by atoms with Crippen molar-refractivity contribution in [1.82, 2.24) is 0 Å². The van der Waals surface area contributed by atoms with Gasteiger partial charge >= 0.3 is 11.9 Å². The van der Waals surface area contributed by atoms with Crippen molar-refractivity contribution in [3.8, 4) is 0 Å². The topological polar surface area (TPSA) is 136 Å². The minimum atomic E-state index is -2.44. The number of carbonyl (C=O) groups excluding carboxylic acids is 4. The van der Waals surface area contributed by atoms with E-state index in [-0.39, 0.29) is 37.0 Å². The molecule has 4 bridgehead atoms. The van der Waals surface area contributed by atoms with Crippen LogP contribution in [0.1, 0.15) is 52.9 Å². The number of aliphatic hydroxyl groups is 2. The van der Waals surface area contributed by atoms with Gasteiger partial charge in [0.2, 0.25) is 5.79 Å². The van der Waals surface area contributed by atoms with Gasteiger partial charge in [0, 0.05) is 16.9 Å². The zero-order valence-electron chi connectivity index (χ0n) is 21.0. The van der Waals surface area contributed by atoms with Crippen molar-refractivity contribution >= 4 is 23.5 Å². The molecule has 7 rings (SSSR count). The number of rotatable bonds is 0. The van der Waals surface area contributed by atoms with Crippen LogP contribution in [0.3, 0.4) is 0 Å². The molecule has 5 fully saturated rings. The van der Waals surface area contributed by atoms with Crippen LogP contribution >= 0.6 is 0 Å². The second kappa shape index (κ2) is 6.33. The third kappa shape index (κ3) is 2.12. The highest BCUT2D eigenvalue weighted by atomic mass is 16.7. The normalized spacial score (nSPS) is 55.4. The Labute approximate surface area is 213 Å². The zero-order chi connectivity index (χ0) is 26.6. The van der Waals surface area contributed by atoms with E-state index in [2.05, 4.69) is 6.58 Å². The summed E-state index contributed by atoms with van der Waals surface area (Å²) in [5.41, 5.74) is -7.44. The largest absolute Gasteiger partial charge is 0.455 e. The Morgan fingerprint density at radius 1 is 1.08 bits per heavy atom. The van der Waals surface area contributed by atoms with E-state index in [0.29, 0.717) is 6.42 Å². The summed E-state index contributed by atoms with van der Waals surface area (Å²) in [5.74, 6) is -7.72. The van der Waals surface area contributed by atoms with Crippen molar-refractivity contribution < 1.29 is 43.6 Å². The van der Waals surface area contributed by atoms with Gasteiger partial charge in [-0.15, -0.1) is 0 Å². The van der Waals surface area contributed by atoms with Crippen LogP contribution < -0.4 is 0 Å². The lowest BCUT2D eigenvalue weighted by Gasteiger charge is -2.60. The third-order valence-electron chi connectivity index (χ3n) is 11.3. The highest BCUT2D eigenvalue weighted by Gasteiger charge is 2.91. The summed E-state index contributed by atoms with van der Waals surface area (Å²) >= 11 is 0. The molecule has 4 heterocycles. The van der Waals surface area contributed by atoms with E-state index in [4.69, 9.17) is 14.2 Å². The van der Waals surface area contributed by atoms with Crippen LogP contribution in [0.5, 0.6) is 0 Å². The molecule has 0 aromatic carbocycles. The Balaban J connectivity index is 1.50. The van der Waals surface area contributed by atoms with Crippen LogP contribution in [0.2, 0.25) is 0 Å². The van der Waals surface area contributed by atoms with Gasteiger partial charge in [-0.2, -0.15) is 0 Å². The van der Waals surface area contributed by atoms with E-state index in [9.17, 15) is 29.4 Å². The lowest BCUT2D eigenvalue weighted by atomic mass is 9.47. The molecule has 3 aliphatic carbocycles. The van der Waals surface area contributed by atoms with Gasteiger partial charge < -0.3 is 24.4 Å². The molecule has 9 nitrogen and oxygen atoms in total. The Morgan fingerprint density at radius 3 is 2.54 bits per heavy atom. The van der Waals surface area contributed by atoms with Crippen molar-refractivity contribution in [2.24, 2.45) is 28.6 Å². The maximum absolute atomic E-state index is 14.5. The van der Waals surface area contributed by atoms with Gasteiger partial charge in [0.15, 0.2) is 28.4 Å². The molecule has 0 amide bonds. The molecule has 37 heavy (non-hydrogen) atoms. The number of carbonyl (C=O) groups is 4. The first-order valence-electron chi connectivity index (χ1n) is 13.0. The van der Waals surface area contributed by atoms with E-state index in [0.717, 1.165) is 5.57 Å². The van der Waals surface area contributed by atoms with Gasteiger partial charge in [0.05, 0.1) is 11.3 Å². The molecule has 7 aliphatic rings. The third-order valence-corrected chi connectivity index (χ3v) is 11.3. The first-order valence-corrected chi connectivity index (χ1v) is 13.0. The number of hydrogen-bond donors (Lipinski definition) is 2. The standard InChI is InChI=1S/C28H30O9/c1-13-21(31)35-18-12-23(13,2)19-20(30)27(34)16-9-8-14-6-5-7-17(29)24(14,3)15(16)10-11-26(33)22(32)36-25(18,4)28(19,26)37-27/h5,7-8,15-16,18-19,33-34H,1,6,9-12H2,2-4H3/t15-,16+,18+,19-,23+,24-,25-,26+,27+,28-/m0/s1. The molecular weight excluding hydrogens is 480 g/mol. The van der Waals surface area contributed by atoms with Crippen LogP contribution in [-0.4, -0.2) is 62.4 Å². The summed E-state index contributed by atoms with van der Waals surface area (Å²) in [6, 6.07) is 0. The predicted molar refractivity (Wildman–Crippen MR) is 124 cm³/mol. The predicted octanol–water partition coefficient (Wildman–Crippen LogP) is 1.46. The van der Waals surface area contributed by atoms with Crippen LogP contribution in [-0.2, 0) is 33.4 Å². The molecular formula is C28H30O9. The number of hydrogen-bond acceptors (Lipinski definition) is 9. The summed E-state index contributed by atoms with van der Waals surface area (Å²) in [5, 5.41) is 24.6. The molecule has 10 atom stereocenters. The van der Waals surface area contributed by atoms with E-state index >= 15 is 0 Å². The minimum absolute atomic E-state index is 0.0271. The molecule has 4 aliphatic heterocycles. The average Bonchev–Trinajstić information content (AvgIpc) is 3.19. The van der Waals surface area contributed by atoms with Gasteiger partial charge in [-0.05, 0) is 57.9 Å². The zero-order valence-corrected chi connectivity index (χ0v) is 21.0. The van der Waals surface area contributed by atoms with Crippen molar-refractivity contribution in [2.75, 3.05) is 0 Å². The monoisotopic (exact) mass is 510 g/mol. The fourth-order valence-electron chi connectivity index (χ4n) is 9.22. The second-order valence-electron chi connectivity index (χ2n) is 12.6. The maximum atomic E-state index is 14.5. The van der Waals surface area contributed by atoms with E-state index in [1.807, 2.05) is 6.08 Å². The first kappa shape index (κ1) is 23.5. The summed E-state index contributed by atoms with van der Waals surface area (Å²) < 4.78 is 18.0. The van der Waals surface area contributed by atoms with Gasteiger partial charge in [0.1, 0.15) is 6.10 Å². The highest BCUT2D eigenvalue weighted by Crippen LogP contribution is 2.73. The number of ketones is 2. The van der Waals surface area contributed by atoms with Crippen LogP contribution in [0, 0.1) is 28.6 Å². The van der Waals surface area contributed by atoms with Gasteiger partial charge in [-0.25, -0.2) is 9.59 Å². The quantitative estimate of drug-likeness (QED) is 0.282. The van der Waals surface area contributed by atoms with Crippen LogP contribution in [0.25, 0.3) is 0 Å². The number of fused-ring (bicyclic) bond motifs is 9. The smallest absolute Gasteiger partial charge is 0.342 e. The van der Waals surface area contributed by atoms with E-state index in [1.54, 1.807) is 19.9 Å². The first-order chi connectivity index (χ1) is 17.2. The van der Waals surface area contributed by atoms with Gasteiger partial charge in [-0.3, -0.25) is 9.59 Å². The van der Waals surface area contributed by atoms with Crippen LogP contribution in [0.4, 0.5) is 0 Å². The number of esters is 2. The fraction of sp³-hybridized carbons (Fsp3) is 0.643. The molecule has 0 unspecified atom stereocenters. The van der Waals surface area contributed by atoms with Crippen molar-refractivity contribution in [3.05, 3.63) is 36.0 Å².